The summed E-state index contributed by atoms with van der Waals surface area (Å²) >= 11 is 6.18. The number of benzene rings is 1. The van der Waals surface area contributed by atoms with Crippen molar-refractivity contribution in [1.82, 2.24) is 4.68 Å². The van der Waals surface area contributed by atoms with Crippen LogP contribution in [0.1, 0.15) is 11.8 Å². The number of rotatable bonds is 2. The summed E-state index contributed by atoms with van der Waals surface area (Å²) in [5.41, 5.74) is 2.69. The fourth-order valence-electron chi connectivity index (χ4n) is 2.54. The summed E-state index contributed by atoms with van der Waals surface area (Å²) in [6, 6.07) is 3.39. The van der Waals surface area contributed by atoms with Gasteiger partial charge in [-0.05, 0) is 30.4 Å². The second-order valence-electron chi connectivity index (χ2n) is 5.48. The van der Waals surface area contributed by atoms with E-state index in [1.54, 1.807) is 18.2 Å². The van der Waals surface area contributed by atoms with E-state index >= 15 is 0 Å². The highest BCUT2D eigenvalue weighted by atomic mass is 32.1. The molecule has 0 bridgehead atoms. The molecule has 1 aromatic carbocycles. The topological polar surface area (TPSA) is 102 Å². The van der Waals surface area contributed by atoms with Gasteiger partial charge >= 0.3 is 0 Å². The lowest BCUT2D eigenvalue weighted by atomic mass is 10.1. The van der Waals surface area contributed by atoms with Crippen LogP contribution in [0.25, 0.3) is 12.2 Å². The summed E-state index contributed by atoms with van der Waals surface area (Å²) in [5.74, 6) is 0.0404. The summed E-state index contributed by atoms with van der Waals surface area (Å²) in [7, 11) is 0. The summed E-state index contributed by atoms with van der Waals surface area (Å²) in [4.78, 5) is 27.9. The van der Waals surface area contributed by atoms with Crippen LogP contribution in [0.5, 0.6) is 17.4 Å². The maximum Gasteiger partial charge on any atom is 0.277 e. The Labute approximate surface area is 155 Å². The number of ether oxygens (including phenoxy) is 2. The number of aromatic hydroxyl groups is 1. The number of hydrogen-bond donors (Lipinski definition) is 2. The van der Waals surface area contributed by atoms with Gasteiger partial charge in [-0.1, -0.05) is 11.3 Å². The third kappa shape index (κ3) is 2.78. The largest absolute Gasteiger partial charge is 0.492 e. The van der Waals surface area contributed by atoms with Crippen molar-refractivity contribution in [3.63, 3.8) is 0 Å². The number of nitrogens with zero attached hydrogens (tertiary/aromatic N) is 2. The smallest absolute Gasteiger partial charge is 0.277 e. The molecule has 0 fully saturated rings. The SMILES string of the molecule is CC(=O)Nn1c(O)c(/C=C2/C=c3cc4c(cc3=NC2=O)OCO4)sc1=S. The number of carbonyl (C=O) groups is 2. The quantitative estimate of drug-likeness (QED) is 0.583. The number of nitrogens with one attached hydrogen (secondary N) is 1. The van der Waals surface area contributed by atoms with E-state index in [9.17, 15) is 14.7 Å². The van der Waals surface area contributed by atoms with Gasteiger partial charge in [0.05, 0.1) is 10.2 Å². The molecule has 2 amide bonds. The standard InChI is InChI=1S/C16H11N3O5S2/c1-7(20)18-19-15(22)13(26-16(19)25)4-9-2-8-3-11-12(24-6-23-11)5-10(8)17-14(9)21/h2-5,22H,6H2,1H3,(H,18,20)/b9-4-. The zero-order chi connectivity index (χ0) is 18.4. The van der Waals surface area contributed by atoms with Gasteiger partial charge in [-0.25, -0.2) is 4.99 Å². The highest BCUT2D eigenvalue weighted by Gasteiger charge is 2.19. The number of hydrogen-bond acceptors (Lipinski definition) is 7. The minimum absolute atomic E-state index is 0.128. The van der Waals surface area contributed by atoms with Gasteiger partial charge in [0.2, 0.25) is 18.6 Å². The number of aromatic nitrogens is 1. The van der Waals surface area contributed by atoms with Crippen LogP contribution in [0.4, 0.5) is 0 Å². The second kappa shape index (κ2) is 6.07. The average molecular weight is 389 g/mol. The van der Waals surface area contributed by atoms with E-state index < -0.39 is 5.91 Å². The highest BCUT2D eigenvalue weighted by Crippen LogP contribution is 2.30. The third-order valence-electron chi connectivity index (χ3n) is 3.67. The van der Waals surface area contributed by atoms with Crippen molar-refractivity contribution >= 4 is 47.5 Å². The molecule has 2 aliphatic heterocycles. The van der Waals surface area contributed by atoms with E-state index in [2.05, 4.69) is 10.4 Å². The monoisotopic (exact) mass is 389 g/mol. The molecule has 4 rings (SSSR count). The molecule has 3 heterocycles. The highest BCUT2D eigenvalue weighted by molar-refractivity contribution is 7.73. The van der Waals surface area contributed by atoms with Gasteiger partial charge in [0.1, 0.15) is 0 Å². The van der Waals surface area contributed by atoms with Gasteiger partial charge in [0.15, 0.2) is 15.5 Å². The Morgan fingerprint density at radius 2 is 2.15 bits per heavy atom. The lowest BCUT2D eigenvalue weighted by Gasteiger charge is -2.05. The third-order valence-corrected chi connectivity index (χ3v) is 4.98. The molecular formula is C16H11N3O5S2. The molecular weight excluding hydrogens is 378 g/mol. The molecule has 26 heavy (non-hydrogen) atoms. The van der Waals surface area contributed by atoms with Crippen LogP contribution in [0.15, 0.2) is 22.7 Å². The lowest BCUT2D eigenvalue weighted by Crippen LogP contribution is -2.30. The Bertz CT molecular complexity index is 1180. The molecule has 1 aromatic heterocycles. The molecule has 2 N–H and O–H groups in total. The van der Waals surface area contributed by atoms with Crippen LogP contribution < -0.4 is 25.5 Å². The van der Waals surface area contributed by atoms with Crippen LogP contribution in [-0.2, 0) is 9.59 Å². The van der Waals surface area contributed by atoms with Crippen molar-refractivity contribution in [2.24, 2.45) is 4.99 Å². The molecule has 2 aromatic rings. The predicted molar refractivity (Wildman–Crippen MR) is 95.6 cm³/mol. The summed E-state index contributed by atoms with van der Waals surface area (Å²) in [6.07, 6.45) is 3.13. The molecule has 2 aliphatic rings. The van der Waals surface area contributed by atoms with Crippen molar-refractivity contribution in [2.45, 2.75) is 6.92 Å². The maximum absolute atomic E-state index is 12.3. The van der Waals surface area contributed by atoms with E-state index in [1.807, 2.05) is 0 Å². The van der Waals surface area contributed by atoms with E-state index in [0.717, 1.165) is 16.0 Å². The van der Waals surface area contributed by atoms with Crippen molar-refractivity contribution in [1.29, 1.82) is 0 Å². The number of fused-ring (bicyclic) bond motifs is 2. The van der Waals surface area contributed by atoms with Crippen molar-refractivity contribution in [3.05, 3.63) is 37.1 Å². The number of carbonyl (C=O) groups excluding carboxylic acids is 2. The van der Waals surface area contributed by atoms with E-state index in [0.29, 0.717) is 27.0 Å². The fourth-order valence-corrected chi connectivity index (χ4v) is 3.72. The normalized spacial score (nSPS) is 16.0. The zero-order valence-electron chi connectivity index (χ0n) is 13.3. The molecule has 132 valence electrons. The molecule has 0 atom stereocenters. The molecule has 8 nitrogen and oxygen atoms in total. The first-order chi connectivity index (χ1) is 12.4. The van der Waals surface area contributed by atoms with Gasteiger partial charge in [-0.3, -0.25) is 15.0 Å². The first kappa shape index (κ1) is 16.5. The summed E-state index contributed by atoms with van der Waals surface area (Å²) in [6.45, 7) is 1.43. The zero-order valence-corrected chi connectivity index (χ0v) is 14.9. The van der Waals surface area contributed by atoms with E-state index in [-0.39, 0.29) is 28.1 Å². The Morgan fingerprint density at radius 1 is 1.42 bits per heavy atom. The Kier molecular flexibility index (Phi) is 3.85. The molecule has 0 spiro atoms. The molecule has 0 unspecified atom stereocenters. The first-order valence-corrected chi connectivity index (χ1v) is 8.63. The summed E-state index contributed by atoms with van der Waals surface area (Å²) < 4.78 is 12.0. The van der Waals surface area contributed by atoms with Crippen LogP contribution in [-0.4, -0.2) is 28.4 Å². The van der Waals surface area contributed by atoms with Gasteiger partial charge in [-0.15, -0.1) is 0 Å². The first-order valence-electron chi connectivity index (χ1n) is 7.41. The molecule has 0 aliphatic carbocycles. The molecule has 0 saturated carbocycles. The lowest BCUT2D eigenvalue weighted by molar-refractivity contribution is -0.115. The van der Waals surface area contributed by atoms with Gasteiger partial charge in [0.25, 0.3) is 5.91 Å². The number of thiazole rings is 1. The Morgan fingerprint density at radius 3 is 2.88 bits per heavy atom. The van der Waals surface area contributed by atoms with Gasteiger partial charge in [0, 0.05) is 23.8 Å². The molecule has 0 radical (unpaired) electrons. The molecule has 0 saturated heterocycles. The molecule has 10 heteroatoms. The van der Waals surface area contributed by atoms with Crippen molar-refractivity contribution in [2.75, 3.05) is 12.2 Å². The van der Waals surface area contributed by atoms with Crippen molar-refractivity contribution < 1.29 is 24.2 Å². The minimum atomic E-state index is -0.457. The van der Waals surface area contributed by atoms with Crippen LogP contribution in [0.3, 0.4) is 0 Å². The van der Waals surface area contributed by atoms with Crippen LogP contribution >= 0.6 is 23.6 Å². The fraction of sp³-hybridized carbons (Fsp3) is 0.125. The second-order valence-corrected chi connectivity index (χ2v) is 7.16. The minimum Gasteiger partial charge on any atom is -0.492 e. The predicted octanol–water partition coefficient (Wildman–Crippen LogP) is 0.827. The van der Waals surface area contributed by atoms with E-state index in [1.165, 1.54) is 13.0 Å². The Hall–Kier alpha value is -2.98. The van der Waals surface area contributed by atoms with Crippen LogP contribution in [0, 0.1) is 3.95 Å². The maximum atomic E-state index is 12.3. The van der Waals surface area contributed by atoms with E-state index in [4.69, 9.17) is 21.7 Å². The average Bonchev–Trinajstić information content (AvgIpc) is 3.13. The van der Waals surface area contributed by atoms with Crippen LogP contribution in [0.2, 0.25) is 0 Å². The Balaban J connectivity index is 1.81. The van der Waals surface area contributed by atoms with Gasteiger partial charge in [-0.2, -0.15) is 4.68 Å². The van der Waals surface area contributed by atoms with Gasteiger partial charge < -0.3 is 14.6 Å². The van der Waals surface area contributed by atoms with Crippen molar-refractivity contribution in [3.8, 4) is 17.4 Å². The summed E-state index contributed by atoms with van der Waals surface area (Å²) in [5, 5.41) is 11.4. The number of amides is 2.